The average Bonchev–Trinajstić information content (AvgIpc) is 3.06. The number of benzene rings is 1. The van der Waals surface area contributed by atoms with E-state index >= 15 is 0 Å². The van der Waals surface area contributed by atoms with Crippen molar-refractivity contribution in [3.8, 4) is 0 Å². The zero-order valence-corrected chi connectivity index (χ0v) is 14.6. The molecule has 1 aromatic carbocycles. The first kappa shape index (κ1) is 17.1. The fourth-order valence-electron chi connectivity index (χ4n) is 3.34. The standard InChI is InChI=1S/C19H22FNO2S/c1-2-16-7-8-17(24-16)18(13-3-5-15(20)6-4-13)21-11-9-14(10-12-21)19(22)23/h3-8,14,18H,2,9-12H2,1H3,(H,22,23). The van der Waals surface area contributed by atoms with Crippen LogP contribution in [0.1, 0.15) is 41.1 Å². The van der Waals surface area contributed by atoms with Crippen molar-refractivity contribution < 1.29 is 14.3 Å². The zero-order chi connectivity index (χ0) is 17.1. The molecule has 0 saturated carbocycles. The van der Waals surface area contributed by atoms with Gasteiger partial charge in [0.1, 0.15) is 5.82 Å². The highest BCUT2D eigenvalue weighted by atomic mass is 32.1. The maximum Gasteiger partial charge on any atom is 0.306 e. The topological polar surface area (TPSA) is 40.5 Å². The van der Waals surface area contributed by atoms with Crippen molar-refractivity contribution in [2.24, 2.45) is 5.92 Å². The number of hydrogen-bond donors (Lipinski definition) is 1. The number of likely N-dealkylation sites (tertiary alicyclic amines) is 1. The summed E-state index contributed by atoms with van der Waals surface area (Å²) >= 11 is 1.79. The van der Waals surface area contributed by atoms with Gasteiger partial charge in [-0.05, 0) is 62.2 Å². The number of carbonyl (C=O) groups is 1. The molecule has 1 aliphatic heterocycles. The molecule has 1 atom stereocenters. The number of halogens is 1. The molecule has 3 nitrogen and oxygen atoms in total. The van der Waals surface area contributed by atoms with E-state index < -0.39 is 5.97 Å². The van der Waals surface area contributed by atoms with E-state index in [4.69, 9.17) is 0 Å². The van der Waals surface area contributed by atoms with Crippen LogP contribution in [-0.4, -0.2) is 29.1 Å². The Morgan fingerprint density at radius 2 is 1.92 bits per heavy atom. The lowest BCUT2D eigenvalue weighted by atomic mass is 9.94. The lowest BCUT2D eigenvalue weighted by Gasteiger charge is -2.36. The van der Waals surface area contributed by atoms with E-state index in [9.17, 15) is 14.3 Å². The van der Waals surface area contributed by atoms with Crippen LogP contribution in [0.4, 0.5) is 4.39 Å². The van der Waals surface area contributed by atoms with Gasteiger partial charge in [0.25, 0.3) is 0 Å². The normalized spacial score (nSPS) is 17.8. The Morgan fingerprint density at radius 1 is 1.25 bits per heavy atom. The molecule has 2 heterocycles. The van der Waals surface area contributed by atoms with E-state index in [0.717, 1.165) is 25.1 Å². The lowest BCUT2D eigenvalue weighted by molar-refractivity contribution is -0.143. The number of piperidine rings is 1. The Kier molecular flexibility index (Phi) is 5.31. The Bertz CT molecular complexity index is 690. The first-order valence-electron chi connectivity index (χ1n) is 8.39. The Hall–Kier alpha value is -1.72. The van der Waals surface area contributed by atoms with Crippen LogP contribution in [0, 0.1) is 11.7 Å². The molecular weight excluding hydrogens is 325 g/mol. The van der Waals surface area contributed by atoms with Crippen LogP contribution in [-0.2, 0) is 11.2 Å². The molecule has 2 aromatic rings. The minimum atomic E-state index is -0.697. The van der Waals surface area contributed by atoms with Crippen molar-refractivity contribution in [1.82, 2.24) is 4.90 Å². The first-order valence-corrected chi connectivity index (χ1v) is 9.21. The quantitative estimate of drug-likeness (QED) is 0.875. The van der Waals surface area contributed by atoms with Gasteiger partial charge in [-0.25, -0.2) is 4.39 Å². The minimum absolute atomic E-state index is 0.0747. The average molecular weight is 347 g/mol. The molecule has 1 unspecified atom stereocenters. The van der Waals surface area contributed by atoms with Crippen LogP contribution >= 0.6 is 11.3 Å². The van der Waals surface area contributed by atoms with E-state index in [0.29, 0.717) is 12.8 Å². The largest absolute Gasteiger partial charge is 0.481 e. The number of thiophene rings is 1. The molecule has 0 amide bonds. The predicted octanol–water partition coefficient (Wildman–Crippen LogP) is 4.34. The smallest absolute Gasteiger partial charge is 0.306 e. The number of carboxylic acid groups (broad SMARTS) is 1. The molecule has 0 radical (unpaired) electrons. The Labute approximate surface area is 145 Å². The summed E-state index contributed by atoms with van der Waals surface area (Å²) in [4.78, 5) is 16.1. The SMILES string of the molecule is CCc1ccc(C(c2ccc(F)cc2)N2CCC(C(=O)O)CC2)s1. The molecular formula is C19H22FNO2S. The van der Waals surface area contributed by atoms with Crippen molar-refractivity contribution in [1.29, 1.82) is 0 Å². The maximum atomic E-state index is 13.3. The zero-order valence-electron chi connectivity index (χ0n) is 13.7. The highest BCUT2D eigenvalue weighted by molar-refractivity contribution is 7.12. The second-order valence-electron chi connectivity index (χ2n) is 6.26. The summed E-state index contributed by atoms with van der Waals surface area (Å²) < 4.78 is 13.3. The van der Waals surface area contributed by atoms with Gasteiger partial charge < -0.3 is 5.11 Å². The molecule has 0 spiro atoms. The number of aryl methyl sites for hydroxylation is 1. The fourth-order valence-corrected chi connectivity index (χ4v) is 4.45. The minimum Gasteiger partial charge on any atom is -0.481 e. The molecule has 3 rings (SSSR count). The van der Waals surface area contributed by atoms with E-state index in [1.807, 2.05) is 12.1 Å². The third-order valence-electron chi connectivity index (χ3n) is 4.73. The fraction of sp³-hybridized carbons (Fsp3) is 0.421. The van der Waals surface area contributed by atoms with Crippen molar-refractivity contribution >= 4 is 17.3 Å². The van der Waals surface area contributed by atoms with Crippen LogP contribution in [0.3, 0.4) is 0 Å². The van der Waals surface area contributed by atoms with E-state index in [-0.39, 0.29) is 17.8 Å². The summed E-state index contributed by atoms with van der Waals surface area (Å²) in [5.41, 5.74) is 1.06. The third-order valence-corrected chi connectivity index (χ3v) is 6.01. The molecule has 1 aromatic heterocycles. The number of carboxylic acids is 1. The van der Waals surface area contributed by atoms with Gasteiger partial charge in [0.2, 0.25) is 0 Å². The number of hydrogen-bond acceptors (Lipinski definition) is 3. The Balaban J connectivity index is 1.87. The van der Waals surface area contributed by atoms with Crippen LogP contribution in [0.15, 0.2) is 36.4 Å². The number of nitrogens with zero attached hydrogens (tertiary/aromatic N) is 1. The summed E-state index contributed by atoms with van der Waals surface area (Å²) in [5.74, 6) is -1.18. The van der Waals surface area contributed by atoms with E-state index in [2.05, 4.69) is 24.0 Å². The summed E-state index contributed by atoms with van der Waals surface area (Å²) in [6.45, 7) is 3.64. The van der Waals surface area contributed by atoms with Crippen molar-refractivity contribution in [2.45, 2.75) is 32.2 Å². The summed E-state index contributed by atoms with van der Waals surface area (Å²) in [6, 6.07) is 11.1. The Morgan fingerprint density at radius 3 is 2.46 bits per heavy atom. The van der Waals surface area contributed by atoms with Gasteiger partial charge in [-0.1, -0.05) is 19.1 Å². The van der Waals surface area contributed by atoms with Gasteiger partial charge in [0.15, 0.2) is 0 Å². The molecule has 128 valence electrons. The highest BCUT2D eigenvalue weighted by Crippen LogP contribution is 2.36. The second kappa shape index (κ2) is 7.45. The van der Waals surface area contributed by atoms with Crippen LogP contribution in [0.5, 0.6) is 0 Å². The lowest BCUT2D eigenvalue weighted by Crippen LogP contribution is -2.39. The second-order valence-corrected chi connectivity index (χ2v) is 7.46. The van der Waals surface area contributed by atoms with Crippen LogP contribution in [0.2, 0.25) is 0 Å². The van der Waals surface area contributed by atoms with Gasteiger partial charge in [-0.3, -0.25) is 9.69 Å². The summed E-state index contributed by atoms with van der Waals surface area (Å²) in [5, 5.41) is 9.20. The molecule has 1 saturated heterocycles. The van der Waals surface area contributed by atoms with Crippen molar-refractivity contribution in [3.05, 3.63) is 57.5 Å². The van der Waals surface area contributed by atoms with Gasteiger partial charge in [0.05, 0.1) is 12.0 Å². The molecule has 1 fully saturated rings. The van der Waals surface area contributed by atoms with Gasteiger partial charge in [0, 0.05) is 9.75 Å². The third kappa shape index (κ3) is 3.68. The molecule has 0 aliphatic carbocycles. The van der Waals surface area contributed by atoms with Crippen molar-refractivity contribution in [3.63, 3.8) is 0 Å². The summed E-state index contributed by atoms with van der Waals surface area (Å²) in [7, 11) is 0. The molecule has 1 N–H and O–H groups in total. The molecule has 0 bridgehead atoms. The monoisotopic (exact) mass is 347 g/mol. The first-order chi connectivity index (χ1) is 11.6. The number of rotatable bonds is 5. The number of aliphatic carboxylic acids is 1. The highest BCUT2D eigenvalue weighted by Gasteiger charge is 2.30. The molecule has 5 heteroatoms. The van der Waals surface area contributed by atoms with Crippen LogP contribution in [0.25, 0.3) is 0 Å². The maximum absolute atomic E-state index is 13.3. The van der Waals surface area contributed by atoms with Crippen molar-refractivity contribution in [2.75, 3.05) is 13.1 Å². The van der Waals surface area contributed by atoms with Gasteiger partial charge >= 0.3 is 5.97 Å². The van der Waals surface area contributed by atoms with Crippen LogP contribution < -0.4 is 0 Å². The van der Waals surface area contributed by atoms with E-state index in [1.165, 1.54) is 21.9 Å². The van der Waals surface area contributed by atoms with Gasteiger partial charge in [-0.15, -0.1) is 11.3 Å². The summed E-state index contributed by atoms with van der Waals surface area (Å²) in [6.07, 6.45) is 2.33. The molecule has 24 heavy (non-hydrogen) atoms. The van der Waals surface area contributed by atoms with Gasteiger partial charge in [-0.2, -0.15) is 0 Å². The van der Waals surface area contributed by atoms with E-state index in [1.54, 1.807) is 11.3 Å². The molecule has 1 aliphatic rings. The predicted molar refractivity (Wildman–Crippen MR) is 93.9 cm³/mol.